The van der Waals surface area contributed by atoms with Gasteiger partial charge in [0.1, 0.15) is 0 Å². The van der Waals surface area contributed by atoms with E-state index in [1.165, 1.54) is 27.7 Å². The average Bonchev–Trinajstić information content (AvgIpc) is 3.46. The zero-order chi connectivity index (χ0) is 19.4. The highest BCUT2D eigenvalue weighted by Gasteiger charge is 2.26. The molecular weight excluding hydrogens is 382 g/mol. The van der Waals surface area contributed by atoms with Crippen LogP contribution < -0.4 is 5.32 Å². The number of rotatable bonds is 3. The van der Waals surface area contributed by atoms with Crippen molar-refractivity contribution in [2.45, 2.75) is 0 Å². The van der Waals surface area contributed by atoms with Gasteiger partial charge in [0.15, 0.2) is 16.6 Å². The van der Waals surface area contributed by atoms with Crippen molar-refractivity contribution in [3.8, 4) is 33.0 Å². The summed E-state index contributed by atoms with van der Waals surface area (Å²) in [7, 11) is 0. The first kappa shape index (κ1) is 16.2. The van der Waals surface area contributed by atoms with Gasteiger partial charge in [0.05, 0.1) is 10.6 Å². The fourth-order valence-electron chi connectivity index (χ4n) is 3.75. The maximum absolute atomic E-state index is 12.7. The van der Waals surface area contributed by atoms with Crippen LogP contribution in [0.2, 0.25) is 0 Å². The highest BCUT2D eigenvalue weighted by Crippen LogP contribution is 2.50. The van der Waals surface area contributed by atoms with E-state index in [4.69, 9.17) is 4.52 Å². The van der Waals surface area contributed by atoms with Crippen LogP contribution in [0.25, 0.3) is 43.8 Å². The van der Waals surface area contributed by atoms with Crippen molar-refractivity contribution in [3.63, 3.8) is 0 Å². The Morgan fingerprint density at radius 2 is 1.72 bits per heavy atom. The number of hydrogen-bond donors (Lipinski definition) is 1. The van der Waals surface area contributed by atoms with Crippen LogP contribution in [-0.2, 0) is 0 Å². The SMILES string of the molecule is O=C(Nc1nc2c(s1)-c1cccc3cccc-2c13)c1cc(-c2ccccc2)on1. The molecule has 0 fully saturated rings. The Morgan fingerprint density at radius 3 is 2.55 bits per heavy atom. The maximum atomic E-state index is 12.7. The number of nitrogens with zero attached hydrogens (tertiary/aromatic N) is 2. The first-order valence-corrected chi connectivity index (χ1v) is 9.96. The maximum Gasteiger partial charge on any atom is 0.279 e. The van der Waals surface area contributed by atoms with E-state index in [-0.39, 0.29) is 11.6 Å². The summed E-state index contributed by atoms with van der Waals surface area (Å²) >= 11 is 1.48. The largest absolute Gasteiger partial charge is 0.355 e. The van der Waals surface area contributed by atoms with Gasteiger partial charge in [-0.15, -0.1) is 0 Å². The third-order valence-corrected chi connectivity index (χ3v) is 6.06. The number of carbonyl (C=O) groups is 1. The molecule has 1 N–H and O–H groups in total. The number of amides is 1. The molecule has 0 saturated carbocycles. The zero-order valence-corrected chi connectivity index (χ0v) is 15.9. The number of carbonyl (C=O) groups excluding carboxylic acids is 1. The van der Waals surface area contributed by atoms with E-state index < -0.39 is 0 Å². The predicted octanol–water partition coefficient (Wildman–Crippen LogP) is 5.85. The Bertz CT molecular complexity index is 1350. The zero-order valence-electron chi connectivity index (χ0n) is 15.0. The van der Waals surface area contributed by atoms with Crippen LogP contribution >= 0.6 is 11.3 Å². The minimum Gasteiger partial charge on any atom is -0.355 e. The third kappa shape index (κ3) is 2.50. The molecule has 0 spiro atoms. The second kappa shape index (κ2) is 6.12. The number of nitrogens with one attached hydrogen (secondary N) is 1. The fourth-order valence-corrected chi connectivity index (χ4v) is 4.75. The lowest BCUT2D eigenvalue weighted by Crippen LogP contribution is -2.11. The van der Waals surface area contributed by atoms with Gasteiger partial charge in [-0.05, 0) is 10.8 Å². The summed E-state index contributed by atoms with van der Waals surface area (Å²) in [6.07, 6.45) is 0. The molecule has 0 unspecified atom stereocenters. The number of fused-ring (bicyclic) bond motifs is 3. The van der Waals surface area contributed by atoms with Gasteiger partial charge in [0.2, 0.25) is 0 Å². The highest BCUT2D eigenvalue weighted by atomic mass is 32.1. The van der Waals surface area contributed by atoms with E-state index in [0.717, 1.165) is 21.7 Å². The lowest BCUT2D eigenvalue weighted by Gasteiger charge is -2.02. The topological polar surface area (TPSA) is 68.0 Å². The normalized spacial score (nSPS) is 11.6. The molecule has 5 aromatic rings. The number of benzene rings is 3. The molecule has 6 heteroatoms. The van der Waals surface area contributed by atoms with Gasteiger partial charge in [-0.3, -0.25) is 10.1 Å². The Balaban J connectivity index is 1.31. The van der Waals surface area contributed by atoms with Gasteiger partial charge in [-0.2, -0.15) is 0 Å². The lowest BCUT2D eigenvalue weighted by molar-refractivity contribution is 0.101. The van der Waals surface area contributed by atoms with E-state index in [1.54, 1.807) is 6.07 Å². The first-order chi connectivity index (χ1) is 14.3. The van der Waals surface area contributed by atoms with E-state index in [1.807, 2.05) is 36.4 Å². The Labute approximate surface area is 169 Å². The van der Waals surface area contributed by atoms with E-state index in [0.29, 0.717) is 10.9 Å². The summed E-state index contributed by atoms with van der Waals surface area (Å²) in [6, 6.07) is 23.7. The van der Waals surface area contributed by atoms with E-state index in [9.17, 15) is 4.79 Å². The Kier molecular flexibility index (Phi) is 3.42. The molecule has 0 atom stereocenters. The van der Waals surface area contributed by atoms with Gasteiger partial charge >= 0.3 is 0 Å². The minimum atomic E-state index is -0.338. The van der Waals surface area contributed by atoms with Gasteiger partial charge in [0, 0.05) is 22.8 Å². The molecule has 6 rings (SSSR count). The summed E-state index contributed by atoms with van der Waals surface area (Å²) in [5.74, 6) is 0.216. The Morgan fingerprint density at radius 1 is 0.931 bits per heavy atom. The van der Waals surface area contributed by atoms with Crippen LogP contribution in [0.5, 0.6) is 0 Å². The second-order valence-electron chi connectivity index (χ2n) is 6.80. The van der Waals surface area contributed by atoms with Gasteiger partial charge in [0.25, 0.3) is 5.91 Å². The van der Waals surface area contributed by atoms with Crippen LogP contribution in [0, 0.1) is 0 Å². The molecule has 0 radical (unpaired) electrons. The molecule has 2 heterocycles. The molecule has 0 aliphatic heterocycles. The highest BCUT2D eigenvalue weighted by molar-refractivity contribution is 7.20. The number of hydrogen-bond acceptors (Lipinski definition) is 5. The van der Waals surface area contributed by atoms with Crippen LogP contribution in [0.4, 0.5) is 5.13 Å². The quantitative estimate of drug-likeness (QED) is 0.408. The monoisotopic (exact) mass is 395 g/mol. The van der Waals surface area contributed by atoms with Crippen molar-refractivity contribution >= 4 is 33.1 Å². The number of anilines is 1. The number of thiazole rings is 1. The standard InChI is InChI=1S/C23H13N3O2S/c27-22(17-12-18(28-26-17)13-6-2-1-3-7-13)25-23-24-20-15-10-4-8-14-9-5-11-16(19(14)15)21(20)29-23/h1-12H,(H,24,25,27). The van der Waals surface area contributed by atoms with Gasteiger partial charge < -0.3 is 4.52 Å². The van der Waals surface area contributed by atoms with Gasteiger partial charge in [-0.1, -0.05) is 83.2 Å². The predicted molar refractivity (Wildman–Crippen MR) is 114 cm³/mol. The fraction of sp³-hybridized carbons (Fsp3) is 0. The Hall–Kier alpha value is -3.77. The summed E-state index contributed by atoms with van der Waals surface area (Å²) < 4.78 is 5.33. The van der Waals surface area contributed by atoms with Crippen molar-refractivity contribution < 1.29 is 9.32 Å². The van der Waals surface area contributed by atoms with Gasteiger partial charge in [-0.25, -0.2) is 4.98 Å². The molecule has 1 amide bonds. The summed E-state index contributed by atoms with van der Waals surface area (Å²) in [5, 5.41) is 9.75. The molecule has 0 saturated heterocycles. The van der Waals surface area contributed by atoms with E-state index >= 15 is 0 Å². The summed E-state index contributed by atoms with van der Waals surface area (Å²) in [6.45, 7) is 0. The smallest absolute Gasteiger partial charge is 0.279 e. The molecule has 138 valence electrons. The van der Waals surface area contributed by atoms with E-state index in [2.05, 4.69) is 45.8 Å². The summed E-state index contributed by atoms with van der Waals surface area (Å²) in [5.41, 5.74) is 4.29. The molecule has 3 aromatic carbocycles. The lowest BCUT2D eigenvalue weighted by atomic mass is 10.0. The number of aromatic nitrogens is 2. The molecule has 0 bridgehead atoms. The molecule has 2 aromatic heterocycles. The molecule has 29 heavy (non-hydrogen) atoms. The second-order valence-corrected chi connectivity index (χ2v) is 7.80. The third-order valence-electron chi connectivity index (χ3n) is 5.05. The van der Waals surface area contributed by atoms with Crippen LogP contribution in [0.15, 0.2) is 77.3 Å². The van der Waals surface area contributed by atoms with Crippen molar-refractivity contribution in [1.82, 2.24) is 10.1 Å². The minimum absolute atomic E-state index is 0.224. The molecular formula is C23H13N3O2S. The molecule has 5 nitrogen and oxygen atoms in total. The van der Waals surface area contributed by atoms with Crippen LogP contribution in [-0.4, -0.2) is 16.0 Å². The van der Waals surface area contributed by atoms with Crippen molar-refractivity contribution in [1.29, 1.82) is 0 Å². The van der Waals surface area contributed by atoms with Crippen molar-refractivity contribution in [2.75, 3.05) is 5.32 Å². The average molecular weight is 395 g/mol. The summed E-state index contributed by atoms with van der Waals surface area (Å²) in [4.78, 5) is 18.4. The first-order valence-electron chi connectivity index (χ1n) is 9.15. The van der Waals surface area contributed by atoms with Crippen LogP contribution in [0.3, 0.4) is 0 Å². The van der Waals surface area contributed by atoms with Crippen molar-refractivity contribution in [3.05, 3.63) is 78.5 Å². The van der Waals surface area contributed by atoms with Crippen molar-refractivity contribution in [2.24, 2.45) is 0 Å². The molecule has 1 aliphatic rings. The van der Waals surface area contributed by atoms with Crippen LogP contribution in [0.1, 0.15) is 10.5 Å². The molecule has 1 aliphatic carbocycles.